The van der Waals surface area contributed by atoms with E-state index in [1.54, 1.807) is 33.6 Å². The van der Waals surface area contributed by atoms with Crippen LogP contribution in [0.3, 0.4) is 0 Å². The van der Waals surface area contributed by atoms with Gasteiger partial charge in [-0.05, 0) is 60.5 Å². The fourth-order valence-corrected chi connectivity index (χ4v) is 7.63. The highest BCUT2D eigenvalue weighted by Crippen LogP contribution is 2.25. The van der Waals surface area contributed by atoms with Crippen LogP contribution < -0.4 is 26.4 Å². The number of nitrogens with zero attached hydrogens (tertiary/aromatic N) is 9. The second-order valence-corrected chi connectivity index (χ2v) is 16.7. The van der Waals surface area contributed by atoms with Gasteiger partial charge in [0.15, 0.2) is 5.65 Å². The third-order valence-corrected chi connectivity index (χ3v) is 10.8. The lowest BCUT2D eigenvalue weighted by Gasteiger charge is -2.23. The lowest BCUT2D eigenvalue weighted by molar-refractivity contribution is 0.153. The Balaban J connectivity index is 0.000000177. The normalized spacial score (nSPS) is 15.4. The molecule has 0 amide bonds. The molecule has 0 radical (unpaired) electrons. The molecule has 0 spiro atoms. The van der Waals surface area contributed by atoms with E-state index in [1.807, 2.05) is 59.5 Å². The molecule has 17 nitrogen and oxygen atoms in total. The summed E-state index contributed by atoms with van der Waals surface area (Å²) in [6.45, 7) is 10.9. The lowest BCUT2D eigenvalue weighted by atomic mass is 10.1. The summed E-state index contributed by atoms with van der Waals surface area (Å²) in [6.07, 6.45) is 10.7. The van der Waals surface area contributed by atoms with Crippen LogP contribution in [-0.4, -0.2) is 78.6 Å². The number of para-hydroxylation sites is 1. The largest absolute Gasteiger partial charge is 0.459 e. The quantitative estimate of drug-likeness (QED) is 0.106. The summed E-state index contributed by atoms with van der Waals surface area (Å²) in [5.74, 6) is 1.40. The van der Waals surface area contributed by atoms with Crippen molar-refractivity contribution in [3.8, 4) is 11.7 Å². The Kier molecular flexibility index (Phi) is 11.6. The van der Waals surface area contributed by atoms with E-state index in [4.69, 9.17) is 9.52 Å². The molecule has 6 heterocycles. The summed E-state index contributed by atoms with van der Waals surface area (Å²) in [5, 5.41) is 23.0. The molecular weight excluding hydrogens is 745 g/mol. The molecule has 0 bridgehead atoms. The minimum atomic E-state index is -2.84. The average Bonchev–Trinajstić information content (AvgIpc) is 3.98. The molecule has 5 N–H and O–H groups in total. The van der Waals surface area contributed by atoms with E-state index in [9.17, 15) is 9.00 Å². The van der Waals surface area contributed by atoms with Gasteiger partial charge in [0, 0.05) is 49.4 Å². The van der Waals surface area contributed by atoms with E-state index in [0.717, 1.165) is 53.9 Å². The Hall–Kier alpha value is -6.14. The van der Waals surface area contributed by atoms with Crippen molar-refractivity contribution < 1.29 is 8.95 Å². The zero-order valence-corrected chi connectivity index (χ0v) is 33.5. The van der Waals surface area contributed by atoms with Gasteiger partial charge in [0.1, 0.15) is 11.8 Å². The number of nitrogens with one attached hydrogen (secondary N) is 5. The molecule has 1 saturated heterocycles. The fraction of sp³-hybridized carbons (Fsp3) is 0.359. The van der Waals surface area contributed by atoms with Crippen LogP contribution in [0.25, 0.3) is 17.0 Å². The number of hydrogen-bond acceptors (Lipinski definition) is 13. The van der Waals surface area contributed by atoms with Gasteiger partial charge in [-0.3, -0.25) is 4.98 Å². The Labute approximate surface area is 330 Å². The number of rotatable bonds is 12. The first kappa shape index (κ1) is 39.1. The van der Waals surface area contributed by atoms with Gasteiger partial charge in [0.05, 0.1) is 32.7 Å². The first-order valence-electron chi connectivity index (χ1n) is 18.9. The third kappa shape index (κ3) is 8.97. The van der Waals surface area contributed by atoms with Crippen molar-refractivity contribution in [2.75, 3.05) is 30.0 Å². The monoisotopic (exact) mass is 792 g/mol. The summed E-state index contributed by atoms with van der Waals surface area (Å²) >= 11 is 0. The second-order valence-electron chi connectivity index (χ2n) is 14.5. The zero-order chi connectivity index (χ0) is 40.1. The van der Waals surface area contributed by atoms with Crippen molar-refractivity contribution in [1.82, 2.24) is 54.3 Å². The van der Waals surface area contributed by atoms with Crippen LogP contribution in [0.5, 0.6) is 6.01 Å². The molecule has 298 valence electrons. The maximum atomic E-state index is 12.4. The van der Waals surface area contributed by atoms with Gasteiger partial charge < -0.3 is 20.7 Å². The van der Waals surface area contributed by atoms with Crippen LogP contribution >= 0.6 is 0 Å². The average molecular weight is 793 g/mol. The molecule has 7 aromatic rings. The summed E-state index contributed by atoms with van der Waals surface area (Å²) in [5.41, 5.74) is 5.75. The maximum Gasteiger partial charge on any atom is 0.349 e. The van der Waals surface area contributed by atoms with Gasteiger partial charge in [0.2, 0.25) is 11.9 Å². The standard InChI is InChI=1S/C21H29N7O2S.C18H19N7O/c1-14(2)17-13-25-28-19(17)26-21(30-16-8-6-10-23-12-16)27-20(28)24-11-15-7-4-5-9-18(15)31(3,22)29;1-12(2)14-11-21-25-16(14)22-18(26)23-17(25)19-10-13-6-3-4-7-15(13)24-9-5-8-20-24/h4-5,7,9,13-14,16,22-23H,6,8,10-12H2,1-3H3,(H,24,26,27);3-9,11-12H,10H2,1-2H3,(H2,19,22,23,26)/t16-,31?;/m1./s1. The van der Waals surface area contributed by atoms with Crippen LogP contribution in [0.1, 0.15) is 74.6 Å². The first-order valence-corrected chi connectivity index (χ1v) is 20.9. The predicted octanol–water partition coefficient (Wildman–Crippen LogP) is 5.36. The summed E-state index contributed by atoms with van der Waals surface area (Å²) in [6, 6.07) is 17.4. The van der Waals surface area contributed by atoms with E-state index in [0.29, 0.717) is 47.2 Å². The molecular formula is C39H48N14O3S. The molecule has 1 unspecified atom stereocenters. The Morgan fingerprint density at radius 1 is 0.877 bits per heavy atom. The van der Waals surface area contributed by atoms with Crippen LogP contribution in [-0.2, 0) is 22.8 Å². The Bertz CT molecular complexity index is 2620. The van der Waals surface area contributed by atoms with Crippen molar-refractivity contribution in [2.45, 2.75) is 76.5 Å². The molecule has 1 aliphatic rings. The molecule has 5 aromatic heterocycles. The number of hydrogen-bond donors (Lipinski definition) is 5. The highest BCUT2D eigenvalue weighted by molar-refractivity contribution is 7.91. The predicted molar refractivity (Wildman–Crippen MR) is 219 cm³/mol. The van der Waals surface area contributed by atoms with E-state index >= 15 is 0 Å². The molecule has 18 heteroatoms. The van der Waals surface area contributed by atoms with Crippen molar-refractivity contribution >= 4 is 32.9 Å². The number of H-pyrrole nitrogens is 1. The van der Waals surface area contributed by atoms with E-state index in [2.05, 4.69) is 78.9 Å². The highest BCUT2D eigenvalue weighted by atomic mass is 32.2. The number of aromatic nitrogens is 10. The molecule has 2 atom stereocenters. The number of piperidine rings is 1. The minimum absolute atomic E-state index is 0.0308. The Morgan fingerprint density at radius 3 is 2.26 bits per heavy atom. The number of fused-ring (bicyclic) bond motifs is 2. The van der Waals surface area contributed by atoms with Crippen LogP contribution in [0.2, 0.25) is 0 Å². The molecule has 0 saturated carbocycles. The van der Waals surface area contributed by atoms with Gasteiger partial charge in [0.25, 0.3) is 0 Å². The van der Waals surface area contributed by atoms with Gasteiger partial charge in [-0.1, -0.05) is 64.1 Å². The zero-order valence-electron chi connectivity index (χ0n) is 32.6. The van der Waals surface area contributed by atoms with Gasteiger partial charge >= 0.3 is 11.7 Å². The van der Waals surface area contributed by atoms with Gasteiger partial charge in [-0.25, -0.2) is 18.5 Å². The van der Waals surface area contributed by atoms with Crippen molar-refractivity contribution in [2.24, 2.45) is 0 Å². The van der Waals surface area contributed by atoms with Crippen LogP contribution in [0.4, 0.5) is 11.9 Å². The molecule has 0 aliphatic carbocycles. The topological polar surface area (TPSA) is 210 Å². The summed E-state index contributed by atoms with van der Waals surface area (Å²) in [7, 11) is -2.84. The fourth-order valence-electron chi connectivity index (χ4n) is 6.65. The lowest BCUT2D eigenvalue weighted by Crippen LogP contribution is -2.37. The molecule has 57 heavy (non-hydrogen) atoms. The number of benzene rings is 2. The van der Waals surface area contributed by atoms with E-state index in [1.165, 1.54) is 6.26 Å². The van der Waals surface area contributed by atoms with Crippen LogP contribution in [0.15, 0.2) is 89.1 Å². The highest BCUT2D eigenvalue weighted by Gasteiger charge is 2.21. The van der Waals surface area contributed by atoms with E-state index in [-0.39, 0.29) is 17.9 Å². The summed E-state index contributed by atoms with van der Waals surface area (Å²) < 4.78 is 31.6. The minimum Gasteiger partial charge on any atom is -0.459 e. The molecule has 1 aliphatic heterocycles. The summed E-state index contributed by atoms with van der Waals surface area (Å²) in [4.78, 5) is 28.5. The van der Waals surface area contributed by atoms with Crippen molar-refractivity contribution in [3.63, 3.8) is 0 Å². The Morgan fingerprint density at radius 2 is 1.56 bits per heavy atom. The van der Waals surface area contributed by atoms with Crippen molar-refractivity contribution in [1.29, 1.82) is 4.78 Å². The van der Waals surface area contributed by atoms with Gasteiger partial charge in [-0.2, -0.15) is 39.3 Å². The number of aromatic amines is 1. The first-order chi connectivity index (χ1) is 27.5. The van der Waals surface area contributed by atoms with Crippen LogP contribution in [0, 0.1) is 4.78 Å². The van der Waals surface area contributed by atoms with Crippen molar-refractivity contribution in [3.05, 3.63) is 112 Å². The van der Waals surface area contributed by atoms with Gasteiger partial charge in [-0.15, -0.1) is 0 Å². The molecule has 2 aromatic carbocycles. The van der Waals surface area contributed by atoms with E-state index < -0.39 is 15.4 Å². The smallest absolute Gasteiger partial charge is 0.349 e. The number of ether oxygens (including phenoxy) is 1. The third-order valence-electron chi connectivity index (χ3n) is 9.58. The maximum absolute atomic E-state index is 12.4. The second kappa shape index (κ2) is 16.9. The molecule has 8 rings (SSSR count). The SMILES string of the molecule is CC(C)c1cnn2c(NCc3ccccc3-n3cccn3)nc(=O)[nH]c12.CC(C)c1cnn2c(NCc3ccccc3S(C)(=N)=O)nc(O[C@@H]3CCCNC3)nc12. The number of anilines is 2. The molecule has 1 fully saturated rings.